The van der Waals surface area contributed by atoms with Gasteiger partial charge in [-0.1, -0.05) is 5.16 Å². The molecular formula is C23H24FN7O. The van der Waals surface area contributed by atoms with E-state index in [0.29, 0.717) is 5.69 Å². The molecule has 9 heteroatoms. The number of imidazole rings is 1. The molecule has 0 amide bonds. The van der Waals surface area contributed by atoms with Crippen molar-refractivity contribution in [3.05, 3.63) is 66.7 Å². The molecule has 0 aliphatic carbocycles. The molecule has 4 aromatic rings. The third kappa shape index (κ3) is 3.87. The third-order valence-electron chi connectivity index (χ3n) is 6.19. The van der Waals surface area contributed by atoms with Crippen molar-refractivity contribution in [3.63, 3.8) is 0 Å². The molecule has 1 fully saturated rings. The average Bonchev–Trinajstić information content (AvgIpc) is 3.46. The van der Waals surface area contributed by atoms with Gasteiger partial charge in [0.1, 0.15) is 12.1 Å². The molecule has 0 atom stereocenters. The fraction of sp³-hybridized carbons (Fsp3) is 0.304. The Kier molecular flexibility index (Phi) is 5.18. The molecule has 1 aliphatic heterocycles. The van der Waals surface area contributed by atoms with Crippen LogP contribution in [0.1, 0.15) is 25.5 Å². The summed E-state index contributed by atoms with van der Waals surface area (Å²) in [7, 11) is 0. The molecule has 4 heterocycles. The summed E-state index contributed by atoms with van der Waals surface area (Å²) in [5, 5.41) is 4.03. The van der Waals surface area contributed by atoms with Gasteiger partial charge in [-0.25, -0.2) is 19.3 Å². The van der Waals surface area contributed by atoms with Crippen LogP contribution in [0.15, 0.2) is 59.7 Å². The zero-order valence-electron chi connectivity index (χ0n) is 17.8. The predicted octanol–water partition coefficient (Wildman–Crippen LogP) is 3.73. The molecule has 0 unspecified atom stereocenters. The Morgan fingerprint density at radius 2 is 1.88 bits per heavy atom. The van der Waals surface area contributed by atoms with Gasteiger partial charge in [0.05, 0.1) is 29.1 Å². The fourth-order valence-electron chi connectivity index (χ4n) is 4.31. The van der Waals surface area contributed by atoms with Crippen LogP contribution < -0.4 is 5.73 Å². The second-order valence-corrected chi connectivity index (χ2v) is 8.38. The molecule has 0 spiro atoms. The normalized spacial score (nSPS) is 16.3. The standard InChI is InChI=1S/C23H24FN7O/c1-23(8-11-30(12-9-23)14-18-7-13-32-29-18)31-15-27-20(16-2-4-17(24)5-3-16)21(31)19-6-10-26-22(25)28-19/h2-7,10,13,15H,8-9,11-12,14H2,1H3,(H2,25,26,28). The van der Waals surface area contributed by atoms with Gasteiger partial charge >= 0.3 is 0 Å². The molecule has 8 nitrogen and oxygen atoms in total. The zero-order chi connectivity index (χ0) is 22.1. The van der Waals surface area contributed by atoms with Gasteiger partial charge in [-0.05, 0) is 50.1 Å². The summed E-state index contributed by atoms with van der Waals surface area (Å²) in [5.41, 5.74) is 9.79. The van der Waals surface area contributed by atoms with Crippen molar-refractivity contribution >= 4 is 5.95 Å². The Balaban J connectivity index is 1.50. The highest BCUT2D eigenvalue weighted by Crippen LogP contribution is 2.38. The van der Waals surface area contributed by atoms with Crippen LogP contribution in [0.3, 0.4) is 0 Å². The number of aromatic nitrogens is 5. The van der Waals surface area contributed by atoms with Crippen LogP contribution in [0.2, 0.25) is 0 Å². The second-order valence-electron chi connectivity index (χ2n) is 8.38. The molecule has 0 radical (unpaired) electrons. The first-order valence-corrected chi connectivity index (χ1v) is 10.6. The van der Waals surface area contributed by atoms with Crippen LogP contribution in [0.5, 0.6) is 0 Å². The van der Waals surface area contributed by atoms with Gasteiger partial charge in [-0.2, -0.15) is 0 Å². The average molecular weight is 433 g/mol. The number of rotatable bonds is 5. The molecule has 1 aliphatic rings. The largest absolute Gasteiger partial charge is 0.368 e. The van der Waals surface area contributed by atoms with Crippen molar-refractivity contribution < 1.29 is 8.91 Å². The monoisotopic (exact) mass is 433 g/mol. The molecule has 1 saturated heterocycles. The zero-order valence-corrected chi connectivity index (χ0v) is 17.8. The van der Waals surface area contributed by atoms with Crippen LogP contribution >= 0.6 is 0 Å². The van der Waals surface area contributed by atoms with E-state index in [2.05, 4.69) is 31.5 Å². The first-order valence-electron chi connectivity index (χ1n) is 10.6. The van der Waals surface area contributed by atoms with E-state index >= 15 is 0 Å². The maximum absolute atomic E-state index is 13.5. The minimum Gasteiger partial charge on any atom is -0.368 e. The van der Waals surface area contributed by atoms with Crippen molar-refractivity contribution in [1.82, 2.24) is 29.6 Å². The van der Waals surface area contributed by atoms with E-state index in [1.54, 1.807) is 24.6 Å². The highest BCUT2D eigenvalue weighted by atomic mass is 19.1. The van der Waals surface area contributed by atoms with E-state index in [4.69, 9.17) is 15.2 Å². The summed E-state index contributed by atoms with van der Waals surface area (Å²) in [6.45, 7) is 4.84. The number of halogens is 1. The number of piperidine rings is 1. The number of nitrogen functional groups attached to an aromatic ring is 1. The molecule has 164 valence electrons. The van der Waals surface area contributed by atoms with Gasteiger partial charge < -0.3 is 14.8 Å². The Hall–Kier alpha value is -3.59. The van der Waals surface area contributed by atoms with E-state index in [1.807, 2.05) is 18.5 Å². The first kappa shape index (κ1) is 20.3. The van der Waals surface area contributed by atoms with E-state index in [0.717, 1.165) is 55.1 Å². The SMILES string of the molecule is CC1(n2cnc(-c3ccc(F)cc3)c2-c2ccnc(N)n2)CCN(Cc2ccon2)CC1. The van der Waals surface area contributed by atoms with Crippen LogP contribution in [-0.2, 0) is 12.1 Å². The van der Waals surface area contributed by atoms with Gasteiger partial charge in [-0.15, -0.1) is 0 Å². The Morgan fingerprint density at radius 1 is 1.09 bits per heavy atom. The molecule has 3 aromatic heterocycles. The van der Waals surface area contributed by atoms with E-state index in [-0.39, 0.29) is 17.3 Å². The number of nitrogens with two attached hydrogens (primary N) is 1. The van der Waals surface area contributed by atoms with Gasteiger partial charge in [0.2, 0.25) is 5.95 Å². The Labute approximate surface area is 184 Å². The summed E-state index contributed by atoms with van der Waals surface area (Å²) in [4.78, 5) is 15.6. The predicted molar refractivity (Wildman–Crippen MR) is 118 cm³/mol. The van der Waals surface area contributed by atoms with Crippen molar-refractivity contribution in [2.75, 3.05) is 18.8 Å². The van der Waals surface area contributed by atoms with Crippen LogP contribution in [0.25, 0.3) is 22.6 Å². The van der Waals surface area contributed by atoms with Crippen LogP contribution in [-0.4, -0.2) is 42.7 Å². The molecule has 5 rings (SSSR count). The lowest BCUT2D eigenvalue weighted by Crippen LogP contribution is -2.44. The number of likely N-dealkylation sites (tertiary alicyclic amines) is 1. The van der Waals surface area contributed by atoms with Crippen molar-refractivity contribution in [2.24, 2.45) is 0 Å². The molecule has 0 bridgehead atoms. The third-order valence-corrected chi connectivity index (χ3v) is 6.19. The minimum absolute atomic E-state index is 0.166. The van der Waals surface area contributed by atoms with E-state index < -0.39 is 0 Å². The number of anilines is 1. The lowest BCUT2D eigenvalue weighted by Gasteiger charge is -2.41. The number of benzene rings is 1. The quantitative estimate of drug-likeness (QED) is 0.512. The van der Waals surface area contributed by atoms with Crippen molar-refractivity contribution in [3.8, 4) is 22.6 Å². The van der Waals surface area contributed by atoms with Gasteiger partial charge in [-0.3, -0.25) is 4.90 Å². The molecule has 32 heavy (non-hydrogen) atoms. The second kappa shape index (κ2) is 8.16. The summed E-state index contributed by atoms with van der Waals surface area (Å²) >= 11 is 0. The molecular weight excluding hydrogens is 409 g/mol. The van der Waals surface area contributed by atoms with Gasteiger partial charge in [0.25, 0.3) is 0 Å². The lowest BCUT2D eigenvalue weighted by atomic mass is 9.88. The molecule has 2 N–H and O–H groups in total. The fourth-order valence-corrected chi connectivity index (χ4v) is 4.31. The summed E-state index contributed by atoms with van der Waals surface area (Å²) in [6, 6.07) is 10.1. The lowest BCUT2D eigenvalue weighted by molar-refractivity contribution is 0.117. The number of hydrogen-bond donors (Lipinski definition) is 1. The van der Waals surface area contributed by atoms with Crippen molar-refractivity contribution in [1.29, 1.82) is 0 Å². The number of nitrogens with zero attached hydrogens (tertiary/aromatic N) is 6. The smallest absolute Gasteiger partial charge is 0.220 e. The van der Waals surface area contributed by atoms with E-state index in [1.165, 1.54) is 12.1 Å². The van der Waals surface area contributed by atoms with E-state index in [9.17, 15) is 4.39 Å². The van der Waals surface area contributed by atoms with Crippen LogP contribution in [0.4, 0.5) is 10.3 Å². The minimum atomic E-state index is -0.285. The summed E-state index contributed by atoms with van der Waals surface area (Å²) in [5.74, 6) is -0.0830. The van der Waals surface area contributed by atoms with Gasteiger partial charge in [0.15, 0.2) is 0 Å². The molecule has 0 saturated carbocycles. The summed E-state index contributed by atoms with van der Waals surface area (Å²) < 4.78 is 20.7. The highest BCUT2D eigenvalue weighted by molar-refractivity contribution is 5.77. The Morgan fingerprint density at radius 3 is 2.56 bits per heavy atom. The molecule has 1 aromatic carbocycles. The highest BCUT2D eigenvalue weighted by Gasteiger charge is 2.35. The maximum Gasteiger partial charge on any atom is 0.220 e. The van der Waals surface area contributed by atoms with Crippen molar-refractivity contribution in [2.45, 2.75) is 31.8 Å². The Bertz CT molecular complexity index is 1200. The van der Waals surface area contributed by atoms with Gasteiger partial charge in [0, 0.05) is 43.0 Å². The first-order chi connectivity index (χ1) is 15.5. The summed E-state index contributed by atoms with van der Waals surface area (Å²) in [6.07, 6.45) is 6.97. The number of hydrogen-bond acceptors (Lipinski definition) is 7. The maximum atomic E-state index is 13.5. The van der Waals surface area contributed by atoms with Crippen LogP contribution in [0, 0.1) is 5.82 Å². The topological polar surface area (TPSA) is 98.9 Å².